The minimum Gasteiger partial charge on any atom is -0.456 e. The minimum absolute atomic E-state index is 0.0878. The van der Waals surface area contributed by atoms with Crippen LogP contribution in [0.4, 0.5) is 4.39 Å². The second-order valence-electron chi connectivity index (χ2n) is 9.16. The van der Waals surface area contributed by atoms with Crippen molar-refractivity contribution in [1.82, 2.24) is 20.9 Å². The number of aromatic nitrogens is 1. The maximum absolute atomic E-state index is 14.2. The number of hydrogen-bond acceptors (Lipinski definition) is 8. The number of ether oxygens (including phenoxy) is 1. The van der Waals surface area contributed by atoms with Gasteiger partial charge in [0, 0.05) is 18.2 Å². The molecule has 1 aromatic heterocycles. The number of carbonyl (C=O) groups excluding carboxylic acids is 5. The first-order chi connectivity index (χ1) is 18.5. The van der Waals surface area contributed by atoms with E-state index in [9.17, 15) is 28.4 Å². The monoisotopic (exact) mass is 562 g/mol. The third kappa shape index (κ3) is 10.6. The summed E-state index contributed by atoms with van der Waals surface area (Å²) < 4.78 is 19.8. The van der Waals surface area contributed by atoms with E-state index in [0.717, 1.165) is 18.6 Å². The van der Waals surface area contributed by atoms with Gasteiger partial charge in [-0.25, -0.2) is 14.2 Å². The second kappa shape index (κ2) is 15.8. The summed E-state index contributed by atoms with van der Waals surface area (Å²) in [7, 11) is 0. The maximum atomic E-state index is 14.2. The maximum Gasteiger partial charge on any atom is 0.329 e. The van der Waals surface area contributed by atoms with Crippen molar-refractivity contribution < 1.29 is 33.1 Å². The van der Waals surface area contributed by atoms with Crippen molar-refractivity contribution in [2.24, 2.45) is 5.92 Å². The predicted molar refractivity (Wildman–Crippen MR) is 145 cm³/mol. The van der Waals surface area contributed by atoms with Gasteiger partial charge >= 0.3 is 5.97 Å². The van der Waals surface area contributed by atoms with Gasteiger partial charge < -0.3 is 20.7 Å². The van der Waals surface area contributed by atoms with Crippen LogP contribution in [0.1, 0.15) is 69.6 Å². The molecule has 10 nitrogen and oxygen atoms in total. The van der Waals surface area contributed by atoms with E-state index in [-0.39, 0.29) is 41.1 Å². The lowest BCUT2D eigenvalue weighted by Crippen LogP contribution is -2.48. The fraction of sp³-hybridized carbons (Fsp3) is 0.481. The van der Waals surface area contributed by atoms with Gasteiger partial charge in [-0.05, 0) is 37.8 Å². The molecule has 0 radical (unpaired) electrons. The molecule has 3 amide bonds. The third-order valence-electron chi connectivity index (χ3n) is 5.54. The van der Waals surface area contributed by atoms with Gasteiger partial charge in [-0.1, -0.05) is 44.7 Å². The van der Waals surface area contributed by atoms with Crippen LogP contribution in [0.5, 0.6) is 0 Å². The van der Waals surface area contributed by atoms with E-state index < -0.39 is 41.7 Å². The molecular weight excluding hydrogens is 527 g/mol. The topological polar surface area (TPSA) is 144 Å². The normalized spacial score (nSPS) is 20.5. The Morgan fingerprint density at radius 2 is 1.97 bits per heavy atom. The Morgan fingerprint density at radius 1 is 1.23 bits per heavy atom. The number of nitrogens with one attached hydrogen (secondary N) is 3. The molecule has 39 heavy (non-hydrogen) atoms. The zero-order valence-corrected chi connectivity index (χ0v) is 23.4. The van der Waals surface area contributed by atoms with Crippen molar-refractivity contribution in [3.05, 3.63) is 53.3 Å². The summed E-state index contributed by atoms with van der Waals surface area (Å²) in [5.74, 6) is -3.42. The van der Waals surface area contributed by atoms with E-state index in [1.165, 1.54) is 24.8 Å². The first-order valence-electron chi connectivity index (χ1n) is 12.8. The molecule has 0 unspecified atom stereocenters. The van der Waals surface area contributed by atoms with Gasteiger partial charge in [0.05, 0.1) is 18.7 Å². The molecule has 1 aliphatic heterocycles. The molecule has 0 saturated heterocycles. The molecule has 3 N–H and O–H groups in total. The molecule has 2 bridgehead atoms. The number of allylic oxidation sites excluding steroid dienone is 2. The lowest BCUT2D eigenvalue weighted by molar-refractivity contribution is -0.153. The van der Waals surface area contributed by atoms with Gasteiger partial charge in [-0.2, -0.15) is 0 Å². The summed E-state index contributed by atoms with van der Waals surface area (Å²) in [5, 5.41) is 7.65. The van der Waals surface area contributed by atoms with E-state index in [2.05, 4.69) is 20.9 Å². The standard InChI is InChI=1S/C27H35FN4O6S/c1-5-9-23(34)39-11-8-7-10-19-14-22(33)29-15-18-12-17(28)13-21(30-18)26(36)31-20(6-2)25(35)32-24(16(3)4)27(37)38-19/h6-7,10,12-13,16,19,24H,5,8-9,11,14-15H2,1-4H3,(H,29,33)(H,31,36)(H,32,35)/b10-7+,20-6-/t19-,24+/m1/s1. The molecular formula is C27H35FN4O6S. The van der Waals surface area contributed by atoms with Crippen molar-refractivity contribution >= 4 is 40.6 Å². The van der Waals surface area contributed by atoms with Crippen LogP contribution in [-0.2, 0) is 30.5 Å². The number of rotatable bonds is 7. The lowest BCUT2D eigenvalue weighted by atomic mass is 10.0. The van der Waals surface area contributed by atoms with Gasteiger partial charge in [0.1, 0.15) is 29.4 Å². The molecule has 2 rings (SSSR count). The van der Waals surface area contributed by atoms with Gasteiger partial charge in [0.2, 0.25) is 5.91 Å². The fourth-order valence-electron chi connectivity index (χ4n) is 3.50. The van der Waals surface area contributed by atoms with Crippen molar-refractivity contribution in [2.75, 3.05) is 5.75 Å². The number of hydrogen-bond donors (Lipinski definition) is 3. The number of cyclic esters (lactones) is 1. The van der Waals surface area contributed by atoms with Crippen LogP contribution in [0.15, 0.2) is 36.1 Å². The Balaban J connectivity index is 2.32. The Hall–Kier alpha value is -3.54. The largest absolute Gasteiger partial charge is 0.456 e. The molecule has 1 aromatic rings. The van der Waals surface area contributed by atoms with Crippen molar-refractivity contribution in [2.45, 2.75) is 72.1 Å². The van der Waals surface area contributed by atoms with Gasteiger partial charge in [-0.15, -0.1) is 0 Å². The van der Waals surface area contributed by atoms with Crippen LogP contribution in [0.3, 0.4) is 0 Å². The van der Waals surface area contributed by atoms with Crippen molar-refractivity contribution in [1.29, 1.82) is 0 Å². The minimum atomic E-state index is -1.09. The highest BCUT2D eigenvalue weighted by Crippen LogP contribution is 2.13. The average Bonchev–Trinajstić information content (AvgIpc) is 2.87. The number of nitrogens with zero attached hydrogens (tertiary/aromatic N) is 1. The molecule has 0 spiro atoms. The summed E-state index contributed by atoms with van der Waals surface area (Å²) in [4.78, 5) is 67.1. The van der Waals surface area contributed by atoms with E-state index in [1.54, 1.807) is 26.0 Å². The number of carbonyl (C=O) groups is 5. The van der Waals surface area contributed by atoms with Gasteiger partial charge in [0.25, 0.3) is 11.8 Å². The highest BCUT2D eigenvalue weighted by atomic mass is 32.2. The molecule has 1 aliphatic rings. The number of pyridine rings is 1. The zero-order chi connectivity index (χ0) is 28.9. The highest BCUT2D eigenvalue weighted by molar-refractivity contribution is 8.13. The molecule has 0 saturated carbocycles. The summed E-state index contributed by atoms with van der Waals surface area (Å²) in [6, 6.07) is 0.904. The van der Waals surface area contributed by atoms with E-state index in [4.69, 9.17) is 4.74 Å². The zero-order valence-electron chi connectivity index (χ0n) is 22.5. The highest BCUT2D eigenvalue weighted by Gasteiger charge is 2.30. The molecule has 0 fully saturated rings. The van der Waals surface area contributed by atoms with E-state index >= 15 is 0 Å². The molecule has 12 heteroatoms. The smallest absolute Gasteiger partial charge is 0.329 e. The molecule has 2 heterocycles. The summed E-state index contributed by atoms with van der Waals surface area (Å²) in [6.45, 7) is 6.69. The van der Waals surface area contributed by atoms with Crippen LogP contribution >= 0.6 is 11.8 Å². The van der Waals surface area contributed by atoms with E-state index in [0.29, 0.717) is 18.6 Å². The Kier molecular flexibility index (Phi) is 12.8. The predicted octanol–water partition coefficient (Wildman–Crippen LogP) is 2.93. The van der Waals surface area contributed by atoms with Crippen LogP contribution in [0.25, 0.3) is 0 Å². The fourth-order valence-corrected chi connectivity index (χ4v) is 4.33. The van der Waals surface area contributed by atoms with Crippen LogP contribution in [-0.4, -0.2) is 51.7 Å². The molecule has 212 valence electrons. The summed E-state index contributed by atoms with van der Waals surface area (Å²) in [6.07, 6.45) is 5.22. The van der Waals surface area contributed by atoms with Crippen molar-refractivity contribution in [3.63, 3.8) is 0 Å². The van der Waals surface area contributed by atoms with Crippen molar-refractivity contribution in [3.8, 4) is 0 Å². The number of fused-ring (bicyclic) bond motifs is 2. The second-order valence-corrected chi connectivity index (χ2v) is 10.3. The summed E-state index contributed by atoms with van der Waals surface area (Å²) in [5.41, 5.74) is -0.350. The van der Waals surface area contributed by atoms with Crippen LogP contribution < -0.4 is 16.0 Å². The SMILES string of the molecule is C/C=C1\NC(=O)c2cc(F)cc(n2)CNC(=O)C[C@@H](/C=C/CCSC(=O)CCC)OC(=O)[C@H](C(C)C)NC1=O. The Morgan fingerprint density at radius 3 is 2.64 bits per heavy atom. The number of esters is 1. The third-order valence-corrected chi connectivity index (χ3v) is 6.50. The average molecular weight is 563 g/mol. The quantitative estimate of drug-likeness (QED) is 0.199. The number of thioether (sulfide) groups is 1. The Bertz CT molecular complexity index is 1140. The van der Waals surface area contributed by atoms with Crippen LogP contribution in [0, 0.1) is 11.7 Å². The van der Waals surface area contributed by atoms with Crippen LogP contribution in [0.2, 0.25) is 0 Å². The molecule has 0 aliphatic carbocycles. The lowest BCUT2D eigenvalue weighted by Gasteiger charge is -2.24. The Labute approximate surface area is 231 Å². The van der Waals surface area contributed by atoms with Gasteiger partial charge in [0.15, 0.2) is 5.12 Å². The molecule has 2 atom stereocenters. The number of amides is 3. The first-order valence-corrected chi connectivity index (χ1v) is 13.8. The van der Waals surface area contributed by atoms with E-state index in [1.807, 2.05) is 6.92 Å². The number of halogens is 1. The summed E-state index contributed by atoms with van der Waals surface area (Å²) >= 11 is 1.22. The first kappa shape index (κ1) is 31.7. The molecule has 0 aromatic carbocycles. The van der Waals surface area contributed by atoms with Gasteiger partial charge in [-0.3, -0.25) is 19.2 Å².